The van der Waals surface area contributed by atoms with Gasteiger partial charge in [-0.1, -0.05) is 13.8 Å². The zero-order valence-corrected chi connectivity index (χ0v) is 10.4. The Kier molecular flexibility index (Phi) is 3.31. The summed E-state index contributed by atoms with van der Waals surface area (Å²) in [5, 5.41) is 0. The second kappa shape index (κ2) is 4.73. The van der Waals surface area contributed by atoms with Gasteiger partial charge in [0.15, 0.2) is 0 Å². The van der Waals surface area contributed by atoms with Gasteiger partial charge in [-0.15, -0.1) is 0 Å². The lowest BCUT2D eigenvalue weighted by molar-refractivity contribution is 0.0994. The van der Waals surface area contributed by atoms with E-state index in [0.717, 1.165) is 24.3 Å². The summed E-state index contributed by atoms with van der Waals surface area (Å²) in [5.74, 6) is -0.184. The van der Waals surface area contributed by atoms with Gasteiger partial charge in [-0.3, -0.25) is 9.78 Å². The van der Waals surface area contributed by atoms with Crippen LogP contribution in [-0.4, -0.2) is 24.0 Å². The summed E-state index contributed by atoms with van der Waals surface area (Å²) in [6.45, 7) is 6.26. The van der Waals surface area contributed by atoms with Crippen LogP contribution in [0.4, 0.5) is 5.69 Å². The van der Waals surface area contributed by atoms with Gasteiger partial charge in [0.2, 0.25) is 0 Å². The van der Waals surface area contributed by atoms with E-state index in [4.69, 9.17) is 5.73 Å². The van der Waals surface area contributed by atoms with Crippen molar-refractivity contribution in [1.29, 1.82) is 0 Å². The molecule has 4 heteroatoms. The number of nitrogens with two attached hydrogens (primary N) is 1. The van der Waals surface area contributed by atoms with Crippen LogP contribution in [-0.2, 0) is 0 Å². The number of carbonyl (C=O) groups is 1. The second-order valence-electron chi connectivity index (χ2n) is 4.81. The molecule has 0 aliphatic carbocycles. The van der Waals surface area contributed by atoms with Crippen molar-refractivity contribution in [3.05, 3.63) is 23.5 Å². The molecule has 2 rings (SSSR count). The molecular weight excluding hydrogens is 214 g/mol. The molecular formula is C13H19N3O. The summed E-state index contributed by atoms with van der Waals surface area (Å²) < 4.78 is 0. The summed E-state index contributed by atoms with van der Waals surface area (Å²) in [7, 11) is 0. The van der Waals surface area contributed by atoms with Crippen molar-refractivity contribution in [2.24, 2.45) is 5.73 Å². The van der Waals surface area contributed by atoms with Crippen LogP contribution in [0.15, 0.2) is 12.3 Å². The minimum atomic E-state index is -0.435. The Bertz CT molecular complexity index is 423. The number of amides is 1. The zero-order chi connectivity index (χ0) is 12.4. The molecule has 17 heavy (non-hydrogen) atoms. The Balaban J connectivity index is 2.50. The molecule has 2 N–H and O–H groups in total. The third-order valence-corrected chi connectivity index (χ3v) is 3.22. The van der Waals surface area contributed by atoms with Crippen LogP contribution in [0, 0.1) is 0 Å². The topological polar surface area (TPSA) is 59.2 Å². The number of aromatic nitrogens is 1. The van der Waals surface area contributed by atoms with Crippen molar-refractivity contribution in [2.75, 3.05) is 18.0 Å². The Morgan fingerprint density at radius 3 is 2.59 bits per heavy atom. The number of pyridine rings is 1. The largest absolute Gasteiger partial charge is 0.371 e. The van der Waals surface area contributed by atoms with Crippen molar-refractivity contribution in [3.63, 3.8) is 0 Å². The monoisotopic (exact) mass is 233 g/mol. The zero-order valence-electron chi connectivity index (χ0n) is 10.4. The lowest BCUT2D eigenvalue weighted by atomic mass is 9.98. The van der Waals surface area contributed by atoms with E-state index in [0.29, 0.717) is 5.69 Å². The molecule has 92 valence electrons. The molecule has 1 saturated heterocycles. The highest BCUT2D eigenvalue weighted by molar-refractivity contribution is 5.94. The molecule has 0 aromatic carbocycles. The van der Waals surface area contributed by atoms with Gasteiger partial charge >= 0.3 is 0 Å². The highest BCUT2D eigenvalue weighted by atomic mass is 16.1. The fraction of sp³-hybridized carbons (Fsp3) is 0.538. The molecule has 0 unspecified atom stereocenters. The van der Waals surface area contributed by atoms with Crippen molar-refractivity contribution in [1.82, 2.24) is 4.98 Å². The number of carbonyl (C=O) groups excluding carboxylic acids is 1. The van der Waals surface area contributed by atoms with E-state index < -0.39 is 5.91 Å². The minimum absolute atomic E-state index is 0.252. The molecule has 0 saturated carbocycles. The maximum absolute atomic E-state index is 11.4. The first-order valence-electron chi connectivity index (χ1n) is 6.15. The molecule has 1 aromatic rings. The van der Waals surface area contributed by atoms with Crippen LogP contribution < -0.4 is 10.6 Å². The van der Waals surface area contributed by atoms with E-state index in [9.17, 15) is 4.79 Å². The van der Waals surface area contributed by atoms with Crippen molar-refractivity contribution in [3.8, 4) is 0 Å². The summed E-state index contributed by atoms with van der Waals surface area (Å²) in [5.41, 5.74) is 7.93. The number of anilines is 1. The van der Waals surface area contributed by atoms with Gasteiger partial charge in [0, 0.05) is 30.5 Å². The molecule has 0 atom stereocenters. The number of hydrogen-bond acceptors (Lipinski definition) is 3. The van der Waals surface area contributed by atoms with E-state index in [1.807, 2.05) is 6.07 Å². The van der Waals surface area contributed by atoms with Crippen LogP contribution in [0.5, 0.6) is 0 Å². The van der Waals surface area contributed by atoms with Gasteiger partial charge < -0.3 is 10.6 Å². The van der Waals surface area contributed by atoms with Crippen LogP contribution >= 0.6 is 0 Å². The molecule has 0 radical (unpaired) electrons. The van der Waals surface area contributed by atoms with Crippen LogP contribution in [0.1, 0.15) is 48.7 Å². The van der Waals surface area contributed by atoms with E-state index in [1.54, 1.807) is 6.20 Å². The molecule has 0 spiro atoms. The maximum Gasteiger partial charge on any atom is 0.267 e. The van der Waals surface area contributed by atoms with E-state index >= 15 is 0 Å². The third-order valence-electron chi connectivity index (χ3n) is 3.22. The normalized spacial score (nSPS) is 15.6. The second-order valence-corrected chi connectivity index (χ2v) is 4.81. The highest BCUT2D eigenvalue weighted by Gasteiger charge is 2.22. The van der Waals surface area contributed by atoms with E-state index in [-0.39, 0.29) is 5.92 Å². The predicted molar refractivity (Wildman–Crippen MR) is 68.3 cm³/mol. The fourth-order valence-electron chi connectivity index (χ4n) is 2.46. The SMILES string of the molecule is CC(C)c1c(N2CCCC2)ccnc1C(N)=O. The Labute approximate surface area is 102 Å². The van der Waals surface area contributed by atoms with Gasteiger partial charge in [-0.2, -0.15) is 0 Å². The van der Waals surface area contributed by atoms with E-state index in [1.165, 1.54) is 12.8 Å². The van der Waals surface area contributed by atoms with Crippen LogP contribution in [0.2, 0.25) is 0 Å². The number of hydrogen-bond donors (Lipinski definition) is 1. The molecule has 1 aliphatic rings. The average Bonchev–Trinajstić information content (AvgIpc) is 2.81. The number of primary amides is 1. The minimum Gasteiger partial charge on any atom is -0.371 e. The smallest absolute Gasteiger partial charge is 0.267 e. The molecule has 4 nitrogen and oxygen atoms in total. The standard InChI is InChI=1S/C13H19N3O/c1-9(2)11-10(16-7-3-4-8-16)5-6-15-12(11)13(14)17/h5-6,9H,3-4,7-8H2,1-2H3,(H2,14,17). The molecule has 1 aromatic heterocycles. The lowest BCUT2D eigenvalue weighted by Crippen LogP contribution is -2.23. The van der Waals surface area contributed by atoms with Crippen molar-refractivity contribution >= 4 is 11.6 Å². The summed E-state index contributed by atoms with van der Waals surface area (Å²) in [6.07, 6.45) is 4.11. The first-order valence-corrected chi connectivity index (χ1v) is 6.15. The van der Waals surface area contributed by atoms with Crippen molar-refractivity contribution in [2.45, 2.75) is 32.6 Å². The highest BCUT2D eigenvalue weighted by Crippen LogP contribution is 2.31. The molecule has 0 bridgehead atoms. The molecule has 1 aliphatic heterocycles. The maximum atomic E-state index is 11.4. The average molecular weight is 233 g/mol. The van der Waals surface area contributed by atoms with Gasteiger partial charge in [0.1, 0.15) is 5.69 Å². The summed E-state index contributed by atoms with van der Waals surface area (Å²) >= 11 is 0. The molecule has 1 fully saturated rings. The summed E-state index contributed by atoms with van der Waals surface area (Å²) in [6, 6.07) is 1.99. The van der Waals surface area contributed by atoms with Crippen molar-refractivity contribution < 1.29 is 4.79 Å². The Morgan fingerprint density at radius 1 is 1.41 bits per heavy atom. The quantitative estimate of drug-likeness (QED) is 0.867. The first-order chi connectivity index (χ1) is 8.11. The van der Waals surface area contributed by atoms with Gasteiger partial charge in [-0.25, -0.2) is 0 Å². The Morgan fingerprint density at radius 2 is 2.06 bits per heavy atom. The van der Waals surface area contributed by atoms with E-state index in [2.05, 4.69) is 23.7 Å². The van der Waals surface area contributed by atoms with Gasteiger partial charge in [0.05, 0.1) is 0 Å². The molecule has 1 amide bonds. The van der Waals surface area contributed by atoms with Crippen LogP contribution in [0.25, 0.3) is 0 Å². The predicted octanol–water partition coefficient (Wildman–Crippen LogP) is 1.90. The number of rotatable bonds is 3. The van der Waals surface area contributed by atoms with Gasteiger partial charge in [0.25, 0.3) is 5.91 Å². The van der Waals surface area contributed by atoms with Gasteiger partial charge in [-0.05, 0) is 24.8 Å². The van der Waals surface area contributed by atoms with Crippen LogP contribution in [0.3, 0.4) is 0 Å². The molecule has 2 heterocycles. The Hall–Kier alpha value is -1.58. The number of nitrogens with zero attached hydrogens (tertiary/aromatic N) is 2. The fourth-order valence-corrected chi connectivity index (χ4v) is 2.46. The lowest BCUT2D eigenvalue weighted by Gasteiger charge is -2.24. The first kappa shape index (κ1) is 11.9. The summed E-state index contributed by atoms with van der Waals surface area (Å²) in [4.78, 5) is 17.9. The third kappa shape index (κ3) is 2.25.